The van der Waals surface area contributed by atoms with Crippen LogP contribution in [0.2, 0.25) is 5.02 Å². The first-order valence-corrected chi connectivity index (χ1v) is 12.0. The van der Waals surface area contributed by atoms with E-state index in [0.29, 0.717) is 36.0 Å². The Morgan fingerprint density at radius 2 is 1.70 bits per heavy atom. The maximum Gasteiger partial charge on any atom is 0.260 e. The zero-order valence-electron chi connectivity index (χ0n) is 19.2. The van der Waals surface area contributed by atoms with Crippen molar-refractivity contribution in [3.8, 4) is 5.75 Å². The van der Waals surface area contributed by atoms with Gasteiger partial charge in [0.1, 0.15) is 11.9 Å². The molecule has 4 rings (SSSR count). The minimum absolute atomic E-state index is 0.00814. The first-order chi connectivity index (χ1) is 15.9. The number of amides is 2. The van der Waals surface area contributed by atoms with Crippen molar-refractivity contribution in [2.75, 3.05) is 26.3 Å². The highest BCUT2D eigenvalue weighted by atomic mass is 35.5. The number of piperidine rings is 1. The average Bonchev–Trinajstić information content (AvgIpc) is 2.83. The Morgan fingerprint density at radius 1 is 1.03 bits per heavy atom. The number of morpholine rings is 1. The van der Waals surface area contributed by atoms with Crippen molar-refractivity contribution >= 4 is 23.4 Å². The van der Waals surface area contributed by atoms with Crippen LogP contribution < -0.4 is 4.74 Å². The van der Waals surface area contributed by atoms with Gasteiger partial charge in [-0.2, -0.15) is 0 Å². The number of hydrogen-bond donors (Lipinski definition) is 0. The van der Waals surface area contributed by atoms with Crippen molar-refractivity contribution in [2.45, 2.75) is 51.3 Å². The van der Waals surface area contributed by atoms with E-state index in [4.69, 9.17) is 21.1 Å². The first-order valence-electron chi connectivity index (χ1n) is 11.6. The third-order valence-corrected chi connectivity index (χ3v) is 6.79. The number of likely N-dealkylation sites (tertiary alicyclic amines) is 1. The summed E-state index contributed by atoms with van der Waals surface area (Å²) in [6, 6.07) is 15.0. The van der Waals surface area contributed by atoms with E-state index in [9.17, 15) is 9.59 Å². The second kappa shape index (κ2) is 10.6. The van der Waals surface area contributed by atoms with Crippen LogP contribution in [0.3, 0.4) is 0 Å². The Bertz CT molecular complexity index is 953. The molecule has 2 aliphatic heterocycles. The minimum Gasteiger partial charge on any atom is -0.484 e. The molecule has 0 spiro atoms. The molecule has 176 valence electrons. The average molecular weight is 471 g/mol. The summed E-state index contributed by atoms with van der Waals surface area (Å²) in [5, 5.41) is 0.673. The van der Waals surface area contributed by atoms with Gasteiger partial charge in [-0.3, -0.25) is 9.59 Å². The summed E-state index contributed by atoms with van der Waals surface area (Å²) in [5.74, 6) is 0.547. The summed E-state index contributed by atoms with van der Waals surface area (Å²) in [6.07, 6.45) is 3.06. The van der Waals surface area contributed by atoms with Gasteiger partial charge in [0.05, 0.1) is 13.2 Å². The number of rotatable bonds is 5. The quantitative estimate of drug-likeness (QED) is 0.634. The van der Waals surface area contributed by atoms with Gasteiger partial charge in [-0.1, -0.05) is 23.7 Å². The zero-order chi connectivity index (χ0) is 23.4. The van der Waals surface area contributed by atoms with Gasteiger partial charge >= 0.3 is 0 Å². The fourth-order valence-electron chi connectivity index (χ4n) is 4.72. The van der Waals surface area contributed by atoms with E-state index >= 15 is 0 Å². The van der Waals surface area contributed by atoms with Gasteiger partial charge in [0.15, 0.2) is 6.61 Å². The van der Waals surface area contributed by atoms with Crippen LogP contribution in [0, 0.1) is 0 Å². The fraction of sp³-hybridized carbons (Fsp3) is 0.462. The lowest BCUT2D eigenvalue weighted by atomic mass is 9.97. The van der Waals surface area contributed by atoms with E-state index in [1.54, 1.807) is 29.2 Å². The van der Waals surface area contributed by atoms with Crippen LogP contribution in [0.25, 0.3) is 0 Å². The largest absolute Gasteiger partial charge is 0.484 e. The Labute approximate surface area is 200 Å². The molecule has 0 aromatic heterocycles. The zero-order valence-corrected chi connectivity index (χ0v) is 20.0. The SMILES string of the molecule is CC1CCCC(C)N1C(=O)COc1ccc(C(=O)N2CCOC(c3ccc(Cl)cc3)C2)cc1. The van der Waals surface area contributed by atoms with Crippen LogP contribution in [0.4, 0.5) is 0 Å². The topological polar surface area (TPSA) is 59.1 Å². The van der Waals surface area contributed by atoms with Gasteiger partial charge in [-0.15, -0.1) is 0 Å². The third-order valence-electron chi connectivity index (χ3n) is 6.54. The number of benzene rings is 2. The molecule has 2 fully saturated rings. The number of ether oxygens (including phenoxy) is 2. The molecule has 2 aromatic rings. The summed E-state index contributed by atoms with van der Waals surface area (Å²) >= 11 is 5.98. The Morgan fingerprint density at radius 3 is 2.36 bits per heavy atom. The van der Waals surface area contributed by atoms with Crippen molar-refractivity contribution in [1.82, 2.24) is 9.80 Å². The molecule has 2 amide bonds. The van der Waals surface area contributed by atoms with E-state index < -0.39 is 0 Å². The predicted octanol–water partition coefficient (Wildman–Crippen LogP) is 4.72. The molecule has 0 N–H and O–H groups in total. The van der Waals surface area contributed by atoms with Gasteiger partial charge in [-0.25, -0.2) is 0 Å². The van der Waals surface area contributed by atoms with Gasteiger partial charge in [0.2, 0.25) is 0 Å². The molecule has 0 saturated carbocycles. The molecule has 0 bridgehead atoms. The lowest BCUT2D eigenvalue weighted by Gasteiger charge is -2.38. The van der Waals surface area contributed by atoms with Crippen molar-refractivity contribution in [2.24, 2.45) is 0 Å². The summed E-state index contributed by atoms with van der Waals surface area (Å²) in [7, 11) is 0. The summed E-state index contributed by atoms with van der Waals surface area (Å²) in [4.78, 5) is 29.4. The number of carbonyl (C=O) groups is 2. The highest BCUT2D eigenvalue weighted by Crippen LogP contribution is 2.26. The molecule has 2 aliphatic rings. The van der Waals surface area contributed by atoms with Gasteiger partial charge in [-0.05, 0) is 75.1 Å². The highest BCUT2D eigenvalue weighted by molar-refractivity contribution is 6.30. The van der Waals surface area contributed by atoms with E-state index in [1.165, 1.54) is 0 Å². The molecule has 6 nitrogen and oxygen atoms in total. The molecule has 2 aromatic carbocycles. The van der Waals surface area contributed by atoms with E-state index in [0.717, 1.165) is 24.8 Å². The maximum absolute atomic E-state index is 13.0. The van der Waals surface area contributed by atoms with Gasteiger partial charge < -0.3 is 19.3 Å². The molecule has 2 heterocycles. The molecule has 0 radical (unpaired) electrons. The van der Waals surface area contributed by atoms with Crippen molar-refractivity contribution in [1.29, 1.82) is 0 Å². The van der Waals surface area contributed by atoms with Crippen LogP contribution in [0.1, 0.15) is 55.1 Å². The number of nitrogens with zero attached hydrogens (tertiary/aromatic N) is 2. The van der Waals surface area contributed by atoms with Gasteiger partial charge in [0.25, 0.3) is 11.8 Å². The van der Waals surface area contributed by atoms with Crippen molar-refractivity contribution in [3.63, 3.8) is 0 Å². The van der Waals surface area contributed by atoms with Gasteiger partial charge in [0, 0.05) is 29.2 Å². The van der Waals surface area contributed by atoms with E-state index in [2.05, 4.69) is 13.8 Å². The Balaban J connectivity index is 1.33. The number of hydrogen-bond acceptors (Lipinski definition) is 4. The summed E-state index contributed by atoms with van der Waals surface area (Å²) in [6.45, 7) is 5.71. The molecule has 3 atom stereocenters. The normalized spacial score (nSPS) is 23.3. The molecule has 2 saturated heterocycles. The fourth-order valence-corrected chi connectivity index (χ4v) is 4.85. The van der Waals surface area contributed by atoms with Crippen LogP contribution in [-0.2, 0) is 9.53 Å². The second-order valence-corrected chi connectivity index (χ2v) is 9.34. The smallest absolute Gasteiger partial charge is 0.260 e. The monoisotopic (exact) mass is 470 g/mol. The molecular formula is C26H31ClN2O4. The lowest BCUT2D eigenvalue weighted by Crippen LogP contribution is -2.49. The number of carbonyl (C=O) groups excluding carboxylic acids is 2. The standard InChI is InChI=1S/C26H31ClN2O4/c1-18-4-3-5-19(2)29(18)25(30)17-33-23-12-8-21(9-13-23)26(31)28-14-15-32-24(16-28)20-6-10-22(27)11-7-20/h6-13,18-19,24H,3-5,14-17H2,1-2H3. The molecule has 7 heteroatoms. The van der Waals surface area contributed by atoms with E-state index in [1.807, 2.05) is 29.2 Å². The highest BCUT2D eigenvalue weighted by Gasteiger charge is 2.29. The molecular weight excluding hydrogens is 440 g/mol. The lowest BCUT2D eigenvalue weighted by molar-refractivity contribution is -0.139. The number of halogens is 1. The summed E-state index contributed by atoms with van der Waals surface area (Å²) < 4.78 is 11.6. The Hall–Kier alpha value is -2.57. The van der Waals surface area contributed by atoms with Crippen molar-refractivity contribution < 1.29 is 19.1 Å². The predicted molar refractivity (Wildman–Crippen MR) is 128 cm³/mol. The third kappa shape index (κ3) is 5.68. The van der Waals surface area contributed by atoms with E-state index in [-0.39, 0.29) is 36.6 Å². The first kappa shape index (κ1) is 23.6. The summed E-state index contributed by atoms with van der Waals surface area (Å²) in [5.41, 5.74) is 1.59. The molecule has 3 unspecified atom stereocenters. The molecule has 0 aliphatic carbocycles. The second-order valence-electron chi connectivity index (χ2n) is 8.91. The van der Waals surface area contributed by atoms with Crippen LogP contribution in [0.15, 0.2) is 48.5 Å². The Kier molecular flexibility index (Phi) is 7.56. The maximum atomic E-state index is 13.0. The van der Waals surface area contributed by atoms with Crippen molar-refractivity contribution in [3.05, 3.63) is 64.7 Å². The van der Waals surface area contributed by atoms with Crippen LogP contribution in [-0.4, -0.2) is 60.0 Å². The van der Waals surface area contributed by atoms with Crippen LogP contribution >= 0.6 is 11.6 Å². The minimum atomic E-state index is -0.173. The van der Waals surface area contributed by atoms with Crippen LogP contribution in [0.5, 0.6) is 5.75 Å². The molecule has 33 heavy (non-hydrogen) atoms.